The molecule has 0 spiro atoms. The topological polar surface area (TPSA) is 26.3 Å². The molecule has 0 aliphatic rings. The minimum absolute atomic E-state index is 0.0579. The van der Waals surface area contributed by atoms with Crippen LogP contribution >= 0.6 is 11.6 Å². The second-order valence-electron chi connectivity index (χ2n) is 3.63. The number of carbonyl (C=O) groups is 1. The first-order valence-corrected chi connectivity index (χ1v) is 5.78. The van der Waals surface area contributed by atoms with Crippen LogP contribution in [0.5, 0.6) is 5.75 Å². The highest BCUT2D eigenvalue weighted by Crippen LogP contribution is 2.33. The molecule has 1 aromatic carbocycles. The van der Waals surface area contributed by atoms with Crippen LogP contribution in [0.2, 0.25) is 0 Å². The zero-order valence-electron chi connectivity index (χ0n) is 9.68. The van der Waals surface area contributed by atoms with E-state index < -0.39 is 17.5 Å². The highest BCUT2D eigenvalue weighted by molar-refractivity contribution is 6.18. The smallest absolute Gasteiger partial charge is 0.416 e. The molecule has 100 valence electrons. The van der Waals surface area contributed by atoms with Gasteiger partial charge in [-0.05, 0) is 24.6 Å². The molecule has 0 saturated carbocycles. The maximum Gasteiger partial charge on any atom is 0.416 e. The molecular weight excluding hydrogens is 269 g/mol. The maximum atomic E-state index is 12.5. The van der Waals surface area contributed by atoms with Crippen molar-refractivity contribution >= 4 is 17.4 Å². The molecule has 0 radical (unpaired) electrons. The Morgan fingerprint density at radius 1 is 1.39 bits per heavy atom. The molecule has 0 amide bonds. The fourth-order valence-electron chi connectivity index (χ4n) is 1.46. The second-order valence-corrected chi connectivity index (χ2v) is 4.01. The molecule has 0 aliphatic carbocycles. The third-order valence-electron chi connectivity index (χ3n) is 2.36. The van der Waals surface area contributed by atoms with Gasteiger partial charge in [0.25, 0.3) is 0 Å². The molecule has 0 N–H and O–H groups in total. The Labute approximate surface area is 108 Å². The van der Waals surface area contributed by atoms with Crippen molar-refractivity contribution in [2.24, 2.45) is 0 Å². The van der Waals surface area contributed by atoms with E-state index in [0.717, 1.165) is 18.2 Å². The molecule has 2 nitrogen and oxygen atoms in total. The summed E-state index contributed by atoms with van der Waals surface area (Å²) in [6.07, 6.45) is -3.96. The lowest BCUT2D eigenvalue weighted by Gasteiger charge is -2.11. The van der Waals surface area contributed by atoms with E-state index in [-0.39, 0.29) is 23.6 Å². The summed E-state index contributed by atoms with van der Waals surface area (Å²) in [5.74, 6) is 0.0219. The number of Topliss-reactive ketones (excluding diaryl/α,β-unsaturated/α-hetero) is 1. The van der Waals surface area contributed by atoms with Crippen LogP contribution in [0.1, 0.15) is 28.8 Å². The molecule has 0 unspecified atom stereocenters. The largest absolute Gasteiger partial charge is 0.496 e. The highest BCUT2D eigenvalue weighted by Gasteiger charge is 2.31. The summed E-state index contributed by atoms with van der Waals surface area (Å²) in [6, 6.07) is 2.85. The van der Waals surface area contributed by atoms with Gasteiger partial charge in [0.1, 0.15) is 5.75 Å². The summed E-state index contributed by atoms with van der Waals surface area (Å²) < 4.78 is 42.5. The van der Waals surface area contributed by atoms with Crippen molar-refractivity contribution in [1.29, 1.82) is 0 Å². The quantitative estimate of drug-likeness (QED) is 0.604. The van der Waals surface area contributed by atoms with Crippen LogP contribution in [0.4, 0.5) is 13.2 Å². The standard InChI is InChI=1S/C12H12ClF3O2/c1-18-11-5-4-8(12(14,15)16)7-9(11)10(17)3-2-6-13/h4-5,7H,2-3,6H2,1H3. The van der Waals surface area contributed by atoms with Crippen LogP contribution < -0.4 is 4.74 Å². The van der Waals surface area contributed by atoms with E-state index >= 15 is 0 Å². The monoisotopic (exact) mass is 280 g/mol. The number of ketones is 1. The summed E-state index contributed by atoms with van der Waals surface area (Å²) in [7, 11) is 1.31. The van der Waals surface area contributed by atoms with Crippen LogP contribution in [0.15, 0.2) is 18.2 Å². The van der Waals surface area contributed by atoms with E-state index in [4.69, 9.17) is 16.3 Å². The molecule has 0 heterocycles. The number of hydrogen-bond donors (Lipinski definition) is 0. The van der Waals surface area contributed by atoms with Gasteiger partial charge in [-0.15, -0.1) is 11.6 Å². The van der Waals surface area contributed by atoms with Crippen LogP contribution in [-0.4, -0.2) is 18.8 Å². The van der Waals surface area contributed by atoms with E-state index in [1.54, 1.807) is 0 Å². The summed E-state index contributed by atoms with van der Waals surface area (Å²) in [5.41, 5.74) is -0.921. The average Bonchev–Trinajstić information content (AvgIpc) is 2.34. The minimum atomic E-state index is -4.48. The summed E-state index contributed by atoms with van der Waals surface area (Å²) in [4.78, 5) is 11.8. The van der Waals surface area contributed by atoms with Gasteiger partial charge in [0, 0.05) is 12.3 Å². The lowest BCUT2D eigenvalue weighted by atomic mass is 10.0. The predicted molar refractivity (Wildman–Crippen MR) is 62.3 cm³/mol. The number of benzene rings is 1. The highest BCUT2D eigenvalue weighted by atomic mass is 35.5. The molecule has 1 aromatic rings. The predicted octanol–water partition coefficient (Wildman–Crippen LogP) is 3.92. The van der Waals surface area contributed by atoms with Crippen molar-refractivity contribution < 1.29 is 22.7 Å². The van der Waals surface area contributed by atoms with Crippen LogP contribution in [0, 0.1) is 0 Å². The fourth-order valence-corrected chi connectivity index (χ4v) is 1.60. The zero-order chi connectivity index (χ0) is 13.8. The van der Waals surface area contributed by atoms with E-state index in [1.807, 2.05) is 0 Å². The normalized spacial score (nSPS) is 11.4. The Hall–Kier alpha value is -1.23. The molecule has 1 rings (SSSR count). The average molecular weight is 281 g/mol. The molecule has 6 heteroatoms. The second kappa shape index (κ2) is 6.09. The molecule has 0 aromatic heterocycles. The van der Waals surface area contributed by atoms with Gasteiger partial charge in [-0.1, -0.05) is 0 Å². The lowest BCUT2D eigenvalue weighted by molar-refractivity contribution is -0.137. The molecule has 0 aliphatic heterocycles. The molecule has 0 atom stereocenters. The van der Waals surface area contributed by atoms with E-state index in [2.05, 4.69) is 0 Å². The van der Waals surface area contributed by atoms with Crippen molar-refractivity contribution in [1.82, 2.24) is 0 Å². The van der Waals surface area contributed by atoms with Crippen LogP contribution in [-0.2, 0) is 6.18 Å². The van der Waals surface area contributed by atoms with Gasteiger partial charge in [-0.25, -0.2) is 0 Å². The van der Waals surface area contributed by atoms with Gasteiger partial charge in [0.15, 0.2) is 5.78 Å². The van der Waals surface area contributed by atoms with Crippen LogP contribution in [0.25, 0.3) is 0 Å². The van der Waals surface area contributed by atoms with Gasteiger partial charge >= 0.3 is 6.18 Å². The zero-order valence-corrected chi connectivity index (χ0v) is 10.4. The summed E-state index contributed by atoms with van der Waals surface area (Å²) >= 11 is 5.45. The number of hydrogen-bond acceptors (Lipinski definition) is 2. The lowest BCUT2D eigenvalue weighted by Crippen LogP contribution is -2.09. The molecule has 0 bridgehead atoms. The number of halogens is 4. The SMILES string of the molecule is COc1ccc(C(F)(F)F)cc1C(=O)CCCCl. The van der Waals surface area contributed by atoms with Crippen molar-refractivity contribution in [3.05, 3.63) is 29.3 Å². The first-order valence-electron chi connectivity index (χ1n) is 5.24. The molecule has 0 fully saturated rings. The number of methoxy groups -OCH3 is 1. The van der Waals surface area contributed by atoms with E-state index in [9.17, 15) is 18.0 Å². The molecule has 0 saturated heterocycles. The van der Waals surface area contributed by atoms with Gasteiger partial charge in [0.2, 0.25) is 0 Å². The fraction of sp³-hybridized carbons (Fsp3) is 0.417. The van der Waals surface area contributed by atoms with Gasteiger partial charge in [-0.2, -0.15) is 13.2 Å². The van der Waals surface area contributed by atoms with Crippen molar-refractivity contribution in [3.8, 4) is 5.75 Å². The van der Waals surface area contributed by atoms with Crippen molar-refractivity contribution in [3.63, 3.8) is 0 Å². The van der Waals surface area contributed by atoms with Crippen molar-refractivity contribution in [2.45, 2.75) is 19.0 Å². The number of alkyl halides is 4. The summed E-state index contributed by atoms with van der Waals surface area (Å²) in [5, 5.41) is 0. The Balaban J connectivity index is 3.10. The Morgan fingerprint density at radius 3 is 2.56 bits per heavy atom. The Bertz CT molecular complexity index is 430. The van der Waals surface area contributed by atoms with Crippen molar-refractivity contribution in [2.75, 3.05) is 13.0 Å². The maximum absolute atomic E-state index is 12.5. The van der Waals surface area contributed by atoms with E-state index in [1.165, 1.54) is 7.11 Å². The molecular formula is C12H12ClF3O2. The number of carbonyl (C=O) groups excluding carboxylic acids is 1. The number of ether oxygens (including phenoxy) is 1. The Kier molecular flexibility index (Phi) is 5.02. The summed E-state index contributed by atoms with van der Waals surface area (Å²) in [6.45, 7) is 0. The minimum Gasteiger partial charge on any atom is -0.496 e. The van der Waals surface area contributed by atoms with Gasteiger partial charge in [0.05, 0.1) is 18.2 Å². The first kappa shape index (κ1) is 14.8. The third-order valence-corrected chi connectivity index (χ3v) is 2.63. The Morgan fingerprint density at radius 2 is 2.06 bits per heavy atom. The van der Waals surface area contributed by atoms with Gasteiger partial charge in [-0.3, -0.25) is 4.79 Å². The molecule has 18 heavy (non-hydrogen) atoms. The van der Waals surface area contributed by atoms with E-state index in [0.29, 0.717) is 6.42 Å². The van der Waals surface area contributed by atoms with Gasteiger partial charge < -0.3 is 4.74 Å². The number of rotatable bonds is 5. The third kappa shape index (κ3) is 3.63. The van der Waals surface area contributed by atoms with Crippen LogP contribution in [0.3, 0.4) is 0 Å². The first-order chi connectivity index (χ1) is 8.40.